The summed E-state index contributed by atoms with van der Waals surface area (Å²) in [5, 5.41) is 21.8. The predicted molar refractivity (Wildman–Crippen MR) is 90.6 cm³/mol. The molecule has 5 nitrogen and oxygen atoms in total. The highest BCUT2D eigenvalue weighted by Crippen LogP contribution is 2.48. The molecule has 4 atom stereocenters. The minimum atomic E-state index is -5.17. The molecular weight excluding hydrogens is 363 g/mol. The van der Waals surface area contributed by atoms with Gasteiger partial charge in [0, 0.05) is 12.3 Å². The lowest BCUT2D eigenvalue weighted by Gasteiger charge is -2.55. The number of halogens is 3. The number of aliphatic hydroxyl groups excluding tert-OH is 1. The van der Waals surface area contributed by atoms with Gasteiger partial charge in [-0.1, -0.05) is 25.0 Å². The van der Waals surface area contributed by atoms with Crippen molar-refractivity contribution in [2.45, 2.75) is 56.7 Å². The minimum absolute atomic E-state index is 0.0530. The fourth-order valence-corrected chi connectivity index (χ4v) is 4.62. The van der Waals surface area contributed by atoms with Gasteiger partial charge in [-0.3, -0.25) is 9.69 Å². The summed E-state index contributed by atoms with van der Waals surface area (Å²) < 4.78 is 44.6. The van der Waals surface area contributed by atoms with Crippen molar-refractivity contribution in [3.8, 4) is 5.75 Å². The van der Waals surface area contributed by atoms with Gasteiger partial charge >= 0.3 is 12.1 Å². The Hall–Kier alpha value is -1.80. The average molecular weight is 387 g/mol. The Morgan fingerprint density at radius 3 is 2.48 bits per heavy atom. The van der Waals surface area contributed by atoms with Crippen LogP contribution in [0.4, 0.5) is 13.2 Å². The number of fused-ring (bicyclic) bond motifs is 1. The first kappa shape index (κ1) is 19.9. The second-order valence-corrected chi connectivity index (χ2v) is 7.44. The zero-order valence-corrected chi connectivity index (χ0v) is 15.1. The van der Waals surface area contributed by atoms with E-state index in [0.717, 1.165) is 19.3 Å². The van der Waals surface area contributed by atoms with Crippen molar-refractivity contribution >= 4 is 5.91 Å². The van der Waals surface area contributed by atoms with E-state index in [1.54, 1.807) is 24.3 Å². The van der Waals surface area contributed by atoms with Crippen molar-refractivity contribution in [3.63, 3.8) is 0 Å². The van der Waals surface area contributed by atoms with Crippen molar-refractivity contribution in [1.29, 1.82) is 0 Å². The lowest BCUT2D eigenvalue weighted by molar-refractivity contribution is -0.268. The van der Waals surface area contributed by atoms with Gasteiger partial charge < -0.3 is 14.9 Å². The van der Waals surface area contributed by atoms with Crippen LogP contribution in [0.15, 0.2) is 24.3 Å². The van der Waals surface area contributed by atoms with Gasteiger partial charge in [0.15, 0.2) is 0 Å². The first-order chi connectivity index (χ1) is 12.7. The maximum absolute atomic E-state index is 13.2. The van der Waals surface area contributed by atoms with E-state index < -0.39 is 30.0 Å². The summed E-state index contributed by atoms with van der Waals surface area (Å²) in [7, 11) is 1.50. The van der Waals surface area contributed by atoms with E-state index in [9.17, 15) is 28.2 Å². The van der Waals surface area contributed by atoms with Crippen LogP contribution in [-0.2, 0) is 11.2 Å². The molecule has 150 valence electrons. The van der Waals surface area contributed by atoms with E-state index >= 15 is 0 Å². The number of rotatable bonds is 3. The van der Waals surface area contributed by atoms with Gasteiger partial charge in [0.05, 0.1) is 7.11 Å². The molecule has 0 aromatic heterocycles. The zero-order valence-electron chi connectivity index (χ0n) is 15.1. The Bertz CT molecular complexity index is 679. The summed E-state index contributed by atoms with van der Waals surface area (Å²) in [6, 6.07) is 6.58. The van der Waals surface area contributed by atoms with Gasteiger partial charge in [-0.15, -0.1) is 0 Å². The molecule has 1 heterocycles. The molecule has 1 saturated heterocycles. The lowest BCUT2D eigenvalue weighted by atomic mass is 9.67. The summed E-state index contributed by atoms with van der Waals surface area (Å²) in [5.41, 5.74) is -1.53. The number of nitrogens with zero attached hydrogens (tertiary/aromatic N) is 1. The molecule has 1 aromatic rings. The molecule has 2 aliphatic rings. The number of carbonyl (C=O) groups is 1. The largest absolute Gasteiger partial charge is 0.497 e. The van der Waals surface area contributed by atoms with Gasteiger partial charge in [0.25, 0.3) is 0 Å². The zero-order chi connectivity index (χ0) is 19.8. The number of ether oxygens (including phenoxy) is 1. The molecule has 1 saturated carbocycles. The number of methoxy groups -OCH3 is 1. The van der Waals surface area contributed by atoms with Gasteiger partial charge in [0.2, 0.25) is 0 Å². The summed E-state index contributed by atoms with van der Waals surface area (Å²) in [4.78, 5) is 12.3. The molecular formula is C19H24F3NO4. The van der Waals surface area contributed by atoms with Crippen molar-refractivity contribution in [2.75, 3.05) is 7.11 Å². The number of likely N-dealkylation sites (tertiary alicyclic amines) is 1. The summed E-state index contributed by atoms with van der Waals surface area (Å²) in [6.45, 7) is 0. The third-order valence-electron chi connectivity index (χ3n) is 5.82. The van der Waals surface area contributed by atoms with Gasteiger partial charge in [-0.05, 0) is 42.9 Å². The molecule has 2 N–H and O–H groups in total. The average Bonchev–Trinajstić information content (AvgIpc) is 2.61. The van der Waals surface area contributed by atoms with Crippen molar-refractivity contribution < 1.29 is 32.9 Å². The second kappa shape index (κ2) is 7.31. The van der Waals surface area contributed by atoms with Gasteiger partial charge in [0.1, 0.15) is 17.7 Å². The SMILES string of the molecule is COc1ccc(C[C@]2(O)C3CCCCC3CC(O)N2C(=O)C(F)(F)F)cc1. The number of amides is 1. The van der Waals surface area contributed by atoms with E-state index in [0.29, 0.717) is 17.7 Å². The topological polar surface area (TPSA) is 70.0 Å². The number of alkyl halides is 3. The molecule has 3 rings (SSSR count). The monoisotopic (exact) mass is 387 g/mol. The van der Waals surface area contributed by atoms with Crippen LogP contribution in [0.2, 0.25) is 0 Å². The predicted octanol–water partition coefficient (Wildman–Crippen LogP) is 2.85. The fraction of sp³-hybridized carbons (Fsp3) is 0.632. The van der Waals surface area contributed by atoms with Crippen molar-refractivity contribution in [1.82, 2.24) is 4.90 Å². The first-order valence-corrected chi connectivity index (χ1v) is 9.10. The fourth-order valence-electron chi connectivity index (χ4n) is 4.62. The molecule has 8 heteroatoms. The summed E-state index contributed by atoms with van der Waals surface area (Å²) >= 11 is 0. The molecule has 0 spiro atoms. The minimum Gasteiger partial charge on any atom is -0.497 e. The molecule has 27 heavy (non-hydrogen) atoms. The molecule has 0 bridgehead atoms. The Labute approximate surface area is 155 Å². The van der Waals surface area contributed by atoms with Crippen LogP contribution in [0, 0.1) is 11.8 Å². The molecule has 1 amide bonds. The standard InChI is InChI=1S/C19H24F3NO4/c1-27-14-8-6-12(7-9-14)11-18(26)15-5-3-2-4-13(15)10-16(24)23(18)17(25)19(20,21)22/h6-9,13,15-16,24,26H,2-5,10-11H2,1H3/t13?,15?,16?,18-/m0/s1. The number of benzene rings is 1. The lowest BCUT2D eigenvalue weighted by Crippen LogP contribution is -2.69. The Kier molecular flexibility index (Phi) is 5.40. The normalized spacial score (nSPS) is 31.3. The molecule has 1 aromatic carbocycles. The highest BCUT2D eigenvalue weighted by atomic mass is 19.4. The number of piperidine rings is 1. The van der Waals surface area contributed by atoms with E-state index in [1.165, 1.54) is 7.11 Å². The van der Waals surface area contributed by atoms with Crippen LogP contribution in [-0.4, -0.2) is 46.3 Å². The van der Waals surface area contributed by atoms with Crippen LogP contribution >= 0.6 is 0 Å². The number of carbonyl (C=O) groups excluding carboxylic acids is 1. The molecule has 2 fully saturated rings. The van der Waals surface area contributed by atoms with Crippen LogP contribution in [0.3, 0.4) is 0 Å². The van der Waals surface area contributed by atoms with Gasteiger partial charge in [-0.2, -0.15) is 13.2 Å². The van der Waals surface area contributed by atoms with E-state index in [4.69, 9.17) is 4.74 Å². The van der Waals surface area contributed by atoms with Crippen molar-refractivity contribution in [2.24, 2.45) is 11.8 Å². The first-order valence-electron chi connectivity index (χ1n) is 9.10. The van der Waals surface area contributed by atoms with Crippen molar-refractivity contribution in [3.05, 3.63) is 29.8 Å². The quantitative estimate of drug-likeness (QED) is 0.837. The van der Waals surface area contributed by atoms with E-state index in [-0.39, 0.29) is 23.7 Å². The van der Waals surface area contributed by atoms with E-state index in [1.807, 2.05) is 0 Å². The molecule has 1 aliphatic heterocycles. The van der Waals surface area contributed by atoms with E-state index in [2.05, 4.69) is 0 Å². The Morgan fingerprint density at radius 2 is 1.89 bits per heavy atom. The third-order valence-corrected chi connectivity index (χ3v) is 5.82. The summed E-state index contributed by atoms with van der Waals surface area (Å²) in [6.07, 6.45) is -4.05. The number of hydrogen-bond donors (Lipinski definition) is 2. The maximum Gasteiger partial charge on any atom is 0.471 e. The number of hydrogen-bond acceptors (Lipinski definition) is 4. The molecule has 1 aliphatic carbocycles. The third kappa shape index (κ3) is 3.78. The van der Waals surface area contributed by atoms with Crippen LogP contribution < -0.4 is 4.74 Å². The Balaban J connectivity index is 1.99. The van der Waals surface area contributed by atoms with Gasteiger partial charge in [-0.25, -0.2) is 0 Å². The van der Waals surface area contributed by atoms with Crippen LogP contribution in [0.1, 0.15) is 37.7 Å². The molecule has 0 radical (unpaired) electrons. The van der Waals surface area contributed by atoms with Crippen LogP contribution in [0.25, 0.3) is 0 Å². The Morgan fingerprint density at radius 1 is 1.26 bits per heavy atom. The highest BCUT2D eigenvalue weighted by Gasteiger charge is 2.59. The second-order valence-electron chi connectivity index (χ2n) is 7.44. The molecule has 3 unspecified atom stereocenters. The maximum atomic E-state index is 13.2. The highest BCUT2D eigenvalue weighted by molar-refractivity contribution is 5.82. The summed E-state index contributed by atoms with van der Waals surface area (Å²) in [5.74, 6) is -2.25. The number of aliphatic hydroxyl groups is 2. The smallest absolute Gasteiger partial charge is 0.471 e. The van der Waals surface area contributed by atoms with Crippen LogP contribution in [0.5, 0.6) is 5.75 Å².